The predicted molar refractivity (Wildman–Crippen MR) is 74.4 cm³/mol. The van der Waals surface area contributed by atoms with E-state index in [1.54, 1.807) is 12.3 Å². The van der Waals surface area contributed by atoms with Crippen LogP contribution in [0.4, 0.5) is 0 Å². The summed E-state index contributed by atoms with van der Waals surface area (Å²) in [6.45, 7) is 6.01. The fraction of sp³-hybridized carbons (Fsp3) is 0.200. The van der Waals surface area contributed by atoms with E-state index in [9.17, 15) is 4.79 Å². The monoisotopic (exact) mass is 256 g/mol. The largest absolute Gasteiger partial charge is 0.478 e. The number of rotatable bonds is 3. The number of carbonyl (C=O) groups is 1. The number of para-hydroxylation sites is 1. The van der Waals surface area contributed by atoms with E-state index < -0.39 is 5.97 Å². The van der Waals surface area contributed by atoms with Crippen LogP contribution >= 0.6 is 0 Å². The van der Waals surface area contributed by atoms with Gasteiger partial charge in [0, 0.05) is 17.3 Å². The highest BCUT2D eigenvalue weighted by Gasteiger charge is 2.10. The minimum absolute atomic E-state index is 0.810. The first-order valence-corrected chi connectivity index (χ1v) is 6.03. The Kier molecular flexibility index (Phi) is 3.51. The number of carboxylic acids is 1. The molecule has 2 rings (SSSR count). The second-order valence-electron chi connectivity index (χ2n) is 4.51. The van der Waals surface area contributed by atoms with Gasteiger partial charge in [0.2, 0.25) is 0 Å². The standard InChI is InChI=1S/C15H16N2O2/c1-10-5-4-6-11(2)15(10)17-12(3)13(9-16-17)7-8-14(18)19/h4-9H,1-3H3,(H,18,19)/b8-7+. The summed E-state index contributed by atoms with van der Waals surface area (Å²) in [6.07, 6.45) is 4.37. The number of aliphatic carboxylic acids is 1. The van der Waals surface area contributed by atoms with Crippen molar-refractivity contribution in [2.45, 2.75) is 20.8 Å². The molecule has 4 heteroatoms. The van der Waals surface area contributed by atoms with Crippen molar-refractivity contribution in [2.75, 3.05) is 0 Å². The molecule has 0 amide bonds. The van der Waals surface area contributed by atoms with Crippen molar-refractivity contribution in [3.05, 3.63) is 52.9 Å². The highest BCUT2D eigenvalue weighted by Crippen LogP contribution is 2.21. The molecule has 0 fully saturated rings. The van der Waals surface area contributed by atoms with Crippen molar-refractivity contribution < 1.29 is 9.90 Å². The molecule has 1 aromatic carbocycles. The molecule has 1 heterocycles. The van der Waals surface area contributed by atoms with E-state index in [-0.39, 0.29) is 0 Å². The lowest BCUT2D eigenvalue weighted by molar-refractivity contribution is -0.131. The molecule has 0 bridgehead atoms. The Hall–Kier alpha value is -2.36. The summed E-state index contributed by atoms with van der Waals surface area (Å²) >= 11 is 0. The first-order valence-electron chi connectivity index (χ1n) is 6.03. The van der Waals surface area contributed by atoms with Gasteiger partial charge in [-0.15, -0.1) is 0 Å². The first-order chi connectivity index (χ1) is 9.00. The molecule has 98 valence electrons. The van der Waals surface area contributed by atoms with E-state index >= 15 is 0 Å². The molecule has 0 aliphatic carbocycles. The lowest BCUT2D eigenvalue weighted by Crippen LogP contribution is -2.03. The van der Waals surface area contributed by atoms with Gasteiger partial charge in [0.15, 0.2) is 0 Å². The minimum atomic E-state index is -0.959. The van der Waals surface area contributed by atoms with Gasteiger partial charge in [-0.05, 0) is 38.0 Å². The van der Waals surface area contributed by atoms with Crippen molar-refractivity contribution in [3.63, 3.8) is 0 Å². The maximum Gasteiger partial charge on any atom is 0.328 e. The molecule has 0 saturated carbocycles. The van der Waals surface area contributed by atoms with Gasteiger partial charge in [0.1, 0.15) is 0 Å². The Morgan fingerprint density at radius 1 is 1.26 bits per heavy atom. The highest BCUT2D eigenvalue weighted by atomic mass is 16.4. The first kappa shape index (κ1) is 13.1. The van der Waals surface area contributed by atoms with Crippen molar-refractivity contribution in [1.29, 1.82) is 0 Å². The highest BCUT2D eigenvalue weighted by molar-refractivity contribution is 5.85. The fourth-order valence-electron chi connectivity index (χ4n) is 2.11. The lowest BCUT2D eigenvalue weighted by Gasteiger charge is -2.11. The van der Waals surface area contributed by atoms with Gasteiger partial charge in [-0.3, -0.25) is 0 Å². The van der Waals surface area contributed by atoms with Crippen LogP contribution in [0.3, 0.4) is 0 Å². The molecule has 0 spiro atoms. The number of carboxylic acid groups (broad SMARTS) is 1. The summed E-state index contributed by atoms with van der Waals surface area (Å²) in [5, 5.41) is 13.0. The molecule has 0 saturated heterocycles. The SMILES string of the molecule is Cc1cccc(C)c1-n1ncc(/C=C/C(=O)O)c1C. The van der Waals surface area contributed by atoms with E-state index in [0.29, 0.717) is 0 Å². The molecule has 0 atom stereocenters. The molecule has 2 aromatic rings. The Balaban J connectivity index is 2.51. The number of benzene rings is 1. The van der Waals surface area contributed by atoms with Crippen LogP contribution in [0.5, 0.6) is 0 Å². The third kappa shape index (κ3) is 2.57. The van der Waals surface area contributed by atoms with Gasteiger partial charge < -0.3 is 5.11 Å². The maximum atomic E-state index is 10.6. The van der Waals surface area contributed by atoms with Crippen LogP contribution in [0, 0.1) is 20.8 Å². The van der Waals surface area contributed by atoms with Crippen molar-refractivity contribution in [1.82, 2.24) is 9.78 Å². The van der Waals surface area contributed by atoms with Crippen LogP contribution in [-0.4, -0.2) is 20.9 Å². The van der Waals surface area contributed by atoms with Gasteiger partial charge in [0.05, 0.1) is 11.9 Å². The van der Waals surface area contributed by atoms with Gasteiger partial charge in [-0.2, -0.15) is 5.10 Å². The number of aromatic nitrogens is 2. The van der Waals surface area contributed by atoms with E-state index in [4.69, 9.17) is 5.11 Å². The Bertz CT molecular complexity index is 634. The molecular formula is C15H16N2O2. The second-order valence-corrected chi connectivity index (χ2v) is 4.51. The summed E-state index contributed by atoms with van der Waals surface area (Å²) in [5.41, 5.74) is 5.06. The Labute approximate surface area is 112 Å². The summed E-state index contributed by atoms with van der Waals surface area (Å²) in [7, 11) is 0. The topological polar surface area (TPSA) is 55.1 Å². The predicted octanol–water partition coefficient (Wildman–Crippen LogP) is 2.90. The lowest BCUT2D eigenvalue weighted by atomic mass is 10.1. The van der Waals surface area contributed by atoms with Crippen molar-refractivity contribution in [3.8, 4) is 5.69 Å². The zero-order chi connectivity index (χ0) is 14.0. The quantitative estimate of drug-likeness (QED) is 0.859. The van der Waals surface area contributed by atoms with Crippen LogP contribution in [-0.2, 0) is 4.79 Å². The maximum absolute atomic E-state index is 10.6. The van der Waals surface area contributed by atoms with Crippen LogP contribution in [0.1, 0.15) is 22.4 Å². The van der Waals surface area contributed by atoms with E-state index in [1.807, 2.05) is 43.7 Å². The fourth-order valence-corrected chi connectivity index (χ4v) is 2.11. The van der Waals surface area contributed by atoms with Gasteiger partial charge in [-0.1, -0.05) is 18.2 Å². The van der Waals surface area contributed by atoms with E-state index in [0.717, 1.165) is 34.1 Å². The normalized spacial score (nSPS) is 11.1. The molecule has 1 aromatic heterocycles. The zero-order valence-electron chi connectivity index (χ0n) is 11.2. The van der Waals surface area contributed by atoms with Gasteiger partial charge >= 0.3 is 5.97 Å². The number of hydrogen-bond donors (Lipinski definition) is 1. The van der Waals surface area contributed by atoms with Crippen LogP contribution in [0.2, 0.25) is 0 Å². The van der Waals surface area contributed by atoms with Crippen LogP contribution in [0.15, 0.2) is 30.5 Å². The molecule has 0 radical (unpaired) electrons. The minimum Gasteiger partial charge on any atom is -0.478 e. The van der Waals surface area contributed by atoms with Crippen molar-refractivity contribution in [2.24, 2.45) is 0 Å². The zero-order valence-corrected chi connectivity index (χ0v) is 11.2. The molecule has 0 aliphatic rings. The molecule has 0 aliphatic heterocycles. The van der Waals surface area contributed by atoms with E-state index in [2.05, 4.69) is 5.10 Å². The summed E-state index contributed by atoms with van der Waals surface area (Å²) in [5.74, 6) is -0.959. The summed E-state index contributed by atoms with van der Waals surface area (Å²) < 4.78 is 1.85. The van der Waals surface area contributed by atoms with Crippen LogP contribution < -0.4 is 0 Å². The summed E-state index contributed by atoms with van der Waals surface area (Å²) in [6, 6.07) is 6.09. The second kappa shape index (κ2) is 5.10. The summed E-state index contributed by atoms with van der Waals surface area (Å²) in [4.78, 5) is 10.6. The van der Waals surface area contributed by atoms with Gasteiger partial charge in [-0.25, -0.2) is 9.48 Å². The third-order valence-corrected chi connectivity index (χ3v) is 3.10. The smallest absolute Gasteiger partial charge is 0.328 e. The number of nitrogens with zero attached hydrogens (tertiary/aromatic N) is 2. The molecule has 1 N–H and O–H groups in total. The number of aryl methyl sites for hydroxylation is 2. The Morgan fingerprint density at radius 3 is 2.47 bits per heavy atom. The van der Waals surface area contributed by atoms with E-state index in [1.165, 1.54) is 0 Å². The Morgan fingerprint density at radius 2 is 1.89 bits per heavy atom. The number of hydrogen-bond acceptors (Lipinski definition) is 2. The molecule has 0 unspecified atom stereocenters. The molecule has 19 heavy (non-hydrogen) atoms. The molecular weight excluding hydrogens is 240 g/mol. The average Bonchev–Trinajstić information content (AvgIpc) is 2.68. The van der Waals surface area contributed by atoms with Gasteiger partial charge in [0.25, 0.3) is 0 Å². The van der Waals surface area contributed by atoms with Crippen molar-refractivity contribution >= 4 is 12.0 Å². The average molecular weight is 256 g/mol. The third-order valence-electron chi connectivity index (χ3n) is 3.10. The van der Waals surface area contributed by atoms with Crippen LogP contribution in [0.25, 0.3) is 11.8 Å². The molecule has 4 nitrogen and oxygen atoms in total.